The molecule has 1 aromatic carbocycles. The van der Waals surface area contributed by atoms with Gasteiger partial charge in [0.15, 0.2) is 0 Å². The average molecular weight is 340 g/mol. The fourth-order valence-electron chi connectivity index (χ4n) is 2.94. The smallest absolute Gasteiger partial charge is 0.306 e. The van der Waals surface area contributed by atoms with Crippen molar-refractivity contribution >= 4 is 11.9 Å². The van der Waals surface area contributed by atoms with Crippen molar-refractivity contribution in [1.29, 1.82) is 0 Å². The molecule has 6 heteroatoms. The van der Waals surface area contributed by atoms with Crippen molar-refractivity contribution in [3.63, 3.8) is 0 Å². The zero-order chi connectivity index (χ0) is 17.6. The third-order valence-corrected chi connectivity index (χ3v) is 4.35. The van der Waals surface area contributed by atoms with Crippen LogP contribution >= 0.6 is 0 Å². The molecule has 1 saturated carbocycles. The number of carboxylic acids is 1. The average Bonchev–Trinajstić information content (AvgIpc) is 3.10. The summed E-state index contributed by atoms with van der Waals surface area (Å²) in [4.78, 5) is 27.4. The number of carbonyl (C=O) groups excluding carboxylic acids is 1. The van der Waals surface area contributed by atoms with Crippen LogP contribution < -0.4 is 10.1 Å². The third-order valence-electron chi connectivity index (χ3n) is 4.35. The van der Waals surface area contributed by atoms with E-state index < -0.39 is 5.97 Å². The highest BCUT2D eigenvalue weighted by Gasteiger charge is 2.30. The normalized spacial score (nSPS) is 19.4. The molecule has 0 bridgehead atoms. The molecule has 1 aliphatic carbocycles. The van der Waals surface area contributed by atoms with Crippen LogP contribution in [0.4, 0.5) is 0 Å². The van der Waals surface area contributed by atoms with Crippen LogP contribution in [0.3, 0.4) is 0 Å². The Balaban J connectivity index is 1.51. The second kappa shape index (κ2) is 7.79. The highest BCUT2D eigenvalue weighted by Crippen LogP contribution is 2.25. The van der Waals surface area contributed by atoms with E-state index in [-0.39, 0.29) is 17.9 Å². The summed E-state index contributed by atoms with van der Waals surface area (Å²) < 4.78 is 5.59. The van der Waals surface area contributed by atoms with Crippen LogP contribution in [-0.2, 0) is 11.4 Å². The van der Waals surface area contributed by atoms with Crippen molar-refractivity contribution in [2.45, 2.75) is 31.9 Å². The first kappa shape index (κ1) is 17.0. The molecule has 25 heavy (non-hydrogen) atoms. The highest BCUT2D eigenvalue weighted by atomic mass is 16.5. The lowest BCUT2D eigenvalue weighted by Crippen LogP contribution is -2.33. The first-order valence-electron chi connectivity index (χ1n) is 8.28. The van der Waals surface area contributed by atoms with Crippen LogP contribution in [0.1, 0.15) is 35.2 Å². The maximum Gasteiger partial charge on any atom is 0.306 e. The van der Waals surface area contributed by atoms with Crippen molar-refractivity contribution in [3.05, 3.63) is 59.8 Å². The predicted octanol–water partition coefficient (Wildman–Crippen LogP) is 2.64. The molecule has 1 aliphatic rings. The Kier molecular flexibility index (Phi) is 5.28. The Morgan fingerprint density at radius 2 is 1.96 bits per heavy atom. The van der Waals surface area contributed by atoms with Crippen LogP contribution in [0.5, 0.6) is 5.88 Å². The SMILES string of the molecule is O=C(N[C@H]1CC[C@@H](C(=O)O)C1)c1ccc(OCc2ccccc2)nc1. The summed E-state index contributed by atoms with van der Waals surface area (Å²) >= 11 is 0. The number of amides is 1. The monoisotopic (exact) mass is 340 g/mol. The molecule has 1 heterocycles. The van der Waals surface area contributed by atoms with Gasteiger partial charge in [-0.1, -0.05) is 30.3 Å². The van der Waals surface area contributed by atoms with Gasteiger partial charge in [-0.15, -0.1) is 0 Å². The van der Waals surface area contributed by atoms with Gasteiger partial charge in [-0.2, -0.15) is 0 Å². The molecule has 0 saturated heterocycles. The first-order chi connectivity index (χ1) is 12.1. The maximum atomic E-state index is 12.2. The van der Waals surface area contributed by atoms with E-state index in [9.17, 15) is 9.59 Å². The van der Waals surface area contributed by atoms with Gasteiger partial charge in [0.2, 0.25) is 5.88 Å². The van der Waals surface area contributed by atoms with Gasteiger partial charge in [-0.25, -0.2) is 4.98 Å². The number of aliphatic carboxylic acids is 1. The number of carbonyl (C=O) groups is 2. The fraction of sp³-hybridized carbons (Fsp3) is 0.316. The van der Waals surface area contributed by atoms with E-state index in [1.165, 1.54) is 6.20 Å². The number of pyridine rings is 1. The number of benzene rings is 1. The molecule has 0 radical (unpaired) electrons. The maximum absolute atomic E-state index is 12.2. The largest absolute Gasteiger partial charge is 0.481 e. The number of carboxylic acid groups (broad SMARTS) is 1. The molecule has 0 spiro atoms. The van der Waals surface area contributed by atoms with Crippen LogP contribution in [-0.4, -0.2) is 28.0 Å². The van der Waals surface area contributed by atoms with E-state index in [0.717, 1.165) is 5.56 Å². The van der Waals surface area contributed by atoms with Crippen LogP contribution in [0.2, 0.25) is 0 Å². The molecule has 2 aromatic rings. The van der Waals surface area contributed by atoms with Crippen molar-refractivity contribution in [2.75, 3.05) is 0 Å². The lowest BCUT2D eigenvalue weighted by atomic mass is 10.1. The lowest BCUT2D eigenvalue weighted by Gasteiger charge is -2.12. The summed E-state index contributed by atoms with van der Waals surface area (Å²) in [5, 5.41) is 11.9. The number of nitrogens with zero attached hydrogens (tertiary/aromatic N) is 1. The second-order valence-electron chi connectivity index (χ2n) is 6.18. The Morgan fingerprint density at radius 1 is 1.16 bits per heavy atom. The lowest BCUT2D eigenvalue weighted by molar-refractivity contribution is -0.141. The van der Waals surface area contributed by atoms with Gasteiger partial charge in [-0.05, 0) is 30.9 Å². The van der Waals surface area contributed by atoms with Crippen LogP contribution in [0.25, 0.3) is 0 Å². The second-order valence-corrected chi connectivity index (χ2v) is 6.18. The van der Waals surface area contributed by atoms with E-state index in [2.05, 4.69) is 10.3 Å². The minimum Gasteiger partial charge on any atom is -0.481 e. The number of rotatable bonds is 6. The molecule has 0 unspecified atom stereocenters. The first-order valence-corrected chi connectivity index (χ1v) is 8.28. The molecule has 2 atom stereocenters. The van der Waals surface area contributed by atoms with Crippen molar-refractivity contribution in [3.8, 4) is 5.88 Å². The van der Waals surface area contributed by atoms with E-state index in [4.69, 9.17) is 9.84 Å². The van der Waals surface area contributed by atoms with Gasteiger partial charge in [0.25, 0.3) is 5.91 Å². The van der Waals surface area contributed by atoms with Gasteiger partial charge >= 0.3 is 5.97 Å². The predicted molar refractivity (Wildman–Crippen MR) is 91.2 cm³/mol. The molecule has 3 rings (SSSR count). The van der Waals surface area contributed by atoms with E-state index in [1.807, 2.05) is 30.3 Å². The molecule has 1 amide bonds. The number of ether oxygens (including phenoxy) is 1. The summed E-state index contributed by atoms with van der Waals surface area (Å²) in [6.45, 7) is 0.415. The molecule has 0 aliphatic heterocycles. The highest BCUT2D eigenvalue weighted by molar-refractivity contribution is 5.94. The van der Waals surface area contributed by atoms with Gasteiger partial charge < -0.3 is 15.2 Å². The number of nitrogens with one attached hydrogen (secondary N) is 1. The minimum absolute atomic E-state index is 0.0948. The summed E-state index contributed by atoms with van der Waals surface area (Å²) in [6.07, 6.45) is 3.24. The van der Waals surface area contributed by atoms with Crippen molar-refractivity contribution < 1.29 is 19.4 Å². The van der Waals surface area contributed by atoms with Crippen molar-refractivity contribution in [2.24, 2.45) is 5.92 Å². The van der Waals surface area contributed by atoms with Gasteiger partial charge in [0.05, 0.1) is 11.5 Å². The summed E-state index contributed by atoms with van der Waals surface area (Å²) in [5.41, 5.74) is 1.48. The van der Waals surface area contributed by atoms with Gasteiger partial charge in [0.1, 0.15) is 6.61 Å². The Bertz CT molecular complexity index is 731. The molecular formula is C19H20N2O4. The zero-order valence-corrected chi connectivity index (χ0v) is 13.7. The Hall–Kier alpha value is -2.89. The fourth-order valence-corrected chi connectivity index (χ4v) is 2.94. The minimum atomic E-state index is -0.793. The summed E-state index contributed by atoms with van der Waals surface area (Å²) in [5.74, 6) is -0.944. The summed E-state index contributed by atoms with van der Waals surface area (Å²) in [6, 6.07) is 13.0. The topological polar surface area (TPSA) is 88.5 Å². The Labute approximate surface area is 145 Å². The molecule has 6 nitrogen and oxygen atoms in total. The zero-order valence-electron chi connectivity index (χ0n) is 13.7. The van der Waals surface area contributed by atoms with Gasteiger partial charge in [0, 0.05) is 18.3 Å². The third kappa shape index (κ3) is 4.56. The standard InChI is InChI=1S/C19H20N2O4/c22-18(21-16-8-6-14(10-16)19(23)24)15-7-9-17(20-11-15)25-12-13-4-2-1-3-5-13/h1-5,7,9,11,14,16H,6,8,10,12H2,(H,21,22)(H,23,24)/t14-,16+/m1/s1. The quantitative estimate of drug-likeness (QED) is 0.844. The summed E-state index contributed by atoms with van der Waals surface area (Å²) in [7, 11) is 0. The van der Waals surface area contributed by atoms with E-state index >= 15 is 0 Å². The van der Waals surface area contributed by atoms with E-state index in [0.29, 0.717) is 37.3 Å². The van der Waals surface area contributed by atoms with Crippen LogP contribution in [0.15, 0.2) is 48.7 Å². The molecule has 1 fully saturated rings. The number of aromatic nitrogens is 1. The number of hydrogen-bond donors (Lipinski definition) is 2. The van der Waals surface area contributed by atoms with Gasteiger partial charge in [-0.3, -0.25) is 9.59 Å². The van der Waals surface area contributed by atoms with Crippen molar-refractivity contribution in [1.82, 2.24) is 10.3 Å². The van der Waals surface area contributed by atoms with Crippen LogP contribution in [0, 0.1) is 5.92 Å². The molecular weight excluding hydrogens is 320 g/mol. The molecule has 1 aromatic heterocycles. The van der Waals surface area contributed by atoms with E-state index in [1.54, 1.807) is 12.1 Å². The molecule has 130 valence electrons. The number of hydrogen-bond acceptors (Lipinski definition) is 4. The molecule has 2 N–H and O–H groups in total. The Morgan fingerprint density at radius 3 is 2.60 bits per heavy atom.